The van der Waals surface area contributed by atoms with Crippen LogP contribution < -0.4 is 4.90 Å². The molecule has 1 heterocycles. The van der Waals surface area contributed by atoms with Gasteiger partial charge < -0.3 is 0 Å². The molecule has 1 aliphatic rings. The Hall–Kier alpha value is -3.53. The molecule has 1 fully saturated rings. The number of rotatable bonds is 4. The largest absolute Gasteiger partial charge is 0.302 e. The van der Waals surface area contributed by atoms with Crippen molar-refractivity contribution in [2.45, 2.75) is 11.8 Å². The van der Waals surface area contributed by atoms with Gasteiger partial charge in [0, 0.05) is 0 Å². The van der Waals surface area contributed by atoms with Crippen LogP contribution in [0.15, 0.2) is 91.0 Å². The fourth-order valence-corrected chi connectivity index (χ4v) is 3.61. The molecule has 0 radical (unpaired) electrons. The predicted molar refractivity (Wildman–Crippen MR) is 102 cm³/mol. The summed E-state index contributed by atoms with van der Waals surface area (Å²) >= 11 is 0. The first-order valence-corrected chi connectivity index (χ1v) is 8.72. The molecule has 0 saturated carbocycles. The van der Waals surface area contributed by atoms with E-state index in [0.29, 0.717) is 11.3 Å². The zero-order valence-corrected chi connectivity index (χ0v) is 14.5. The number of carbonyl (C=O) groups excluding carboxylic acids is 3. The van der Waals surface area contributed by atoms with Gasteiger partial charge in [0.25, 0.3) is 5.91 Å². The molecule has 0 aliphatic carbocycles. The second-order valence-corrected chi connectivity index (χ2v) is 6.54. The molecular weight excluding hydrogens is 338 g/mol. The third-order valence-electron chi connectivity index (χ3n) is 4.95. The highest BCUT2D eigenvalue weighted by molar-refractivity contribution is 6.59. The van der Waals surface area contributed by atoms with Gasteiger partial charge in [0.05, 0.1) is 5.69 Å². The summed E-state index contributed by atoms with van der Waals surface area (Å²) in [5.41, 5.74) is 0.225. The van der Waals surface area contributed by atoms with Gasteiger partial charge in [-0.15, -0.1) is 0 Å². The molecule has 0 spiro atoms. The molecule has 3 aromatic rings. The van der Waals surface area contributed by atoms with Gasteiger partial charge in [-0.05, 0) is 29.7 Å². The van der Waals surface area contributed by atoms with E-state index in [-0.39, 0.29) is 6.42 Å². The normalized spacial score (nSPS) is 19.6. The van der Waals surface area contributed by atoms with Gasteiger partial charge >= 0.3 is 5.91 Å². The molecule has 0 bridgehead atoms. The molecular formula is C23H17NO3. The maximum absolute atomic E-state index is 13.5. The lowest BCUT2D eigenvalue weighted by Crippen LogP contribution is -2.43. The van der Waals surface area contributed by atoms with E-state index in [9.17, 15) is 14.4 Å². The minimum Gasteiger partial charge on any atom is -0.287 e. The first kappa shape index (κ1) is 16.9. The van der Waals surface area contributed by atoms with Crippen LogP contribution >= 0.6 is 0 Å². The van der Waals surface area contributed by atoms with Crippen molar-refractivity contribution in [2.75, 3.05) is 4.90 Å². The highest BCUT2D eigenvalue weighted by atomic mass is 16.2. The number of anilines is 1. The standard InChI is InChI=1S/C23H17NO3/c25-20-21(26)24(19-14-8-3-9-15-19)22(27)23(20,18-12-6-2-7-13-18)16-17-10-4-1-5-11-17/h1-15H,16H2/t23-/m0/s1. The fraction of sp³-hybridized carbons (Fsp3) is 0.0870. The number of ketones is 1. The van der Waals surface area contributed by atoms with Crippen LogP contribution in [-0.4, -0.2) is 17.6 Å². The SMILES string of the molecule is O=C1C(=O)[C@](Cc2ccccc2)(c2ccccc2)C(=O)N1c1ccccc1. The Morgan fingerprint density at radius 2 is 1.19 bits per heavy atom. The Morgan fingerprint density at radius 1 is 0.667 bits per heavy atom. The van der Waals surface area contributed by atoms with Crippen LogP contribution in [-0.2, 0) is 26.2 Å². The number of hydrogen-bond donors (Lipinski definition) is 0. The van der Waals surface area contributed by atoms with E-state index in [1.807, 2.05) is 36.4 Å². The highest BCUT2D eigenvalue weighted by Crippen LogP contribution is 2.39. The molecule has 3 aromatic carbocycles. The van der Waals surface area contributed by atoms with Crippen molar-refractivity contribution in [3.8, 4) is 0 Å². The molecule has 1 saturated heterocycles. The summed E-state index contributed by atoms with van der Waals surface area (Å²) in [7, 11) is 0. The summed E-state index contributed by atoms with van der Waals surface area (Å²) in [5.74, 6) is -1.98. The third kappa shape index (κ3) is 2.66. The van der Waals surface area contributed by atoms with E-state index in [0.717, 1.165) is 10.5 Å². The van der Waals surface area contributed by atoms with Crippen molar-refractivity contribution in [1.82, 2.24) is 0 Å². The number of hydrogen-bond acceptors (Lipinski definition) is 3. The lowest BCUT2D eigenvalue weighted by molar-refractivity contribution is -0.137. The Kier molecular flexibility index (Phi) is 4.16. The highest BCUT2D eigenvalue weighted by Gasteiger charge is 2.60. The maximum atomic E-state index is 13.5. The quantitative estimate of drug-likeness (QED) is 0.410. The van der Waals surface area contributed by atoms with Gasteiger partial charge in [-0.3, -0.25) is 14.4 Å². The van der Waals surface area contributed by atoms with Gasteiger partial charge in [0.1, 0.15) is 5.41 Å². The van der Waals surface area contributed by atoms with E-state index in [1.54, 1.807) is 54.6 Å². The monoisotopic (exact) mass is 355 g/mol. The second-order valence-electron chi connectivity index (χ2n) is 6.54. The fourth-order valence-electron chi connectivity index (χ4n) is 3.61. The molecule has 0 aromatic heterocycles. The molecule has 4 nitrogen and oxygen atoms in total. The zero-order valence-electron chi connectivity index (χ0n) is 14.5. The average Bonchev–Trinajstić information content (AvgIpc) is 2.91. The summed E-state index contributed by atoms with van der Waals surface area (Å²) in [6, 6.07) is 26.7. The summed E-state index contributed by atoms with van der Waals surface area (Å²) in [6.45, 7) is 0. The van der Waals surface area contributed by atoms with E-state index in [4.69, 9.17) is 0 Å². The Labute approximate surface area is 157 Å². The van der Waals surface area contributed by atoms with E-state index >= 15 is 0 Å². The number of nitrogens with zero attached hydrogens (tertiary/aromatic N) is 1. The number of imide groups is 1. The second kappa shape index (κ2) is 6.65. The van der Waals surface area contributed by atoms with Crippen LogP contribution in [0.1, 0.15) is 11.1 Å². The lowest BCUT2D eigenvalue weighted by atomic mass is 9.73. The Bertz CT molecular complexity index is 1000. The smallest absolute Gasteiger partial charge is 0.287 e. The Morgan fingerprint density at radius 3 is 1.78 bits per heavy atom. The number of Topliss-reactive ketones (excluding diaryl/α,β-unsaturated/α-hetero) is 1. The summed E-state index contributed by atoms with van der Waals surface area (Å²) in [5, 5.41) is 0. The van der Waals surface area contributed by atoms with Gasteiger partial charge in [0.2, 0.25) is 5.78 Å². The van der Waals surface area contributed by atoms with E-state index in [2.05, 4.69) is 0 Å². The van der Waals surface area contributed by atoms with Crippen LogP contribution in [0, 0.1) is 0 Å². The summed E-state index contributed by atoms with van der Waals surface area (Å²) in [4.78, 5) is 40.6. The van der Waals surface area contributed by atoms with Crippen molar-refractivity contribution in [3.63, 3.8) is 0 Å². The number of benzene rings is 3. The first-order chi connectivity index (χ1) is 13.1. The summed E-state index contributed by atoms with van der Waals surface area (Å²) in [6.07, 6.45) is 0.143. The molecule has 27 heavy (non-hydrogen) atoms. The molecule has 2 amide bonds. The molecule has 1 atom stereocenters. The van der Waals surface area contributed by atoms with Crippen molar-refractivity contribution in [3.05, 3.63) is 102 Å². The molecule has 4 heteroatoms. The van der Waals surface area contributed by atoms with Gasteiger partial charge in [-0.25, -0.2) is 4.90 Å². The predicted octanol–water partition coefficient (Wildman–Crippen LogP) is 3.31. The van der Waals surface area contributed by atoms with Gasteiger partial charge in [-0.2, -0.15) is 0 Å². The van der Waals surface area contributed by atoms with Crippen LogP contribution in [0.5, 0.6) is 0 Å². The van der Waals surface area contributed by atoms with E-state index in [1.165, 1.54) is 0 Å². The Balaban J connectivity index is 1.89. The molecule has 132 valence electrons. The van der Waals surface area contributed by atoms with Crippen LogP contribution in [0.4, 0.5) is 5.69 Å². The number of carbonyl (C=O) groups is 3. The molecule has 0 N–H and O–H groups in total. The maximum Gasteiger partial charge on any atom is 0.302 e. The van der Waals surface area contributed by atoms with Crippen molar-refractivity contribution in [2.24, 2.45) is 0 Å². The average molecular weight is 355 g/mol. The van der Waals surface area contributed by atoms with Crippen molar-refractivity contribution < 1.29 is 14.4 Å². The minimum atomic E-state index is -1.55. The van der Waals surface area contributed by atoms with Crippen LogP contribution in [0.2, 0.25) is 0 Å². The molecule has 1 aliphatic heterocycles. The number of amides is 2. The topological polar surface area (TPSA) is 54.5 Å². The third-order valence-corrected chi connectivity index (χ3v) is 4.95. The van der Waals surface area contributed by atoms with Crippen molar-refractivity contribution >= 4 is 23.3 Å². The van der Waals surface area contributed by atoms with Gasteiger partial charge in [-0.1, -0.05) is 78.9 Å². The molecule has 0 unspecified atom stereocenters. The zero-order chi connectivity index (χ0) is 18.9. The number of para-hydroxylation sites is 1. The minimum absolute atomic E-state index is 0.143. The van der Waals surface area contributed by atoms with E-state index < -0.39 is 23.0 Å². The van der Waals surface area contributed by atoms with Crippen LogP contribution in [0.25, 0.3) is 0 Å². The molecule has 4 rings (SSSR count). The van der Waals surface area contributed by atoms with Gasteiger partial charge in [0.15, 0.2) is 0 Å². The van der Waals surface area contributed by atoms with Crippen LogP contribution in [0.3, 0.4) is 0 Å². The van der Waals surface area contributed by atoms with Crippen molar-refractivity contribution in [1.29, 1.82) is 0 Å². The first-order valence-electron chi connectivity index (χ1n) is 8.72. The lowest BCUT2D eigenvalue weighted by Gasteiger charge is -2.26. The summed E-state index contributed by atoms with van der Waals surface area (Å²) < 4.78 is 0.